The van der Waals surface area contributed by atoms with Gasteiger partial charge in [0.05, 0.1) is 5.69 Å². The molecule has 1 atom stereocenters. The normalized spacial score (nSPS) is 21.0. The van der Waals surface area contributed by atoms with Gasteiger partial charge in [-0.05, 0) is 45.6 Å². The van der Waals surface area contributed by atoms with Crippen molar-refractivity contribution in [1.82, 2.24) is 25.3 Å². The summed E-state index contributed by atoms with van der Waals surface area (Å²) in [5.74, 6) is 3.47. The largest absolute Gasteiger partial charge is 0.355 e. The molecule has 30 heavy (non-hydrogen) atoms. The van der Waals surface area contributed by atoms with Gasteiger partial charge in [0.15, 0.2) is 5.96 Å². The molecule has 1 saturated carbocycles. The molecule has 2 heterocycles. The molecule has 1 saturated heterocycles. The maximum absolute atomic E-state index is 4.56. The van der Waals surface area contributed by atoms with Crippen LogP contribution in [0.3, 0.4) is 0 Å². The van der Waals surface area contributed by atoms with Crippen molar-refractivity contribution >= 4 is 41.7 Å². The quantitative estimate of drug-likeness (QED) is 0.324. The van der Waals surface area contributed by atoms with E-state index in [9.17, 15) is 0 Å². The Hall–Kier alpha value is -0.480. The van der Waals surface area contributed by atoms with Crippen molar-refractivity contribution in [3.8, 4) is 0 Å². The Kier molecular flexibility index (Phi) is 10.3. The van der Waals surface area contributed by atoms with Crippen LogP contribution >= 0.6 is 35.7 Å². The average Bonchev–Trinajstić information content (AvgIpc) is 2.98. The van der Waals surface area contributed by atoms with Crippen LogP contribution in [0.25, 0.3) is 0 Å². The van der Waals surface area contributed by atoms with Crippen molar-refractivity contribution in [3.63, 3.8) is 0 Å². The predicted molar refractivity (Wildman–Crippen MR) is 140 cm³/mol. The van der Waals surface area contributed by atoms with Crippen LogP contribution in [-0.2, 0) is 13.5 Å². The average molecular weight is 549 g/mol. The zero-order chi connectivity index (χ0) is 20.9. The summed E-state index contributed by atoms with van der Waals surface area (Å²) in [5, 5.41) is 11.9. The zero-order valence-corrected chi connectivity index (χ0v) is 22.6. The van der Waals surface area contributed by atoms with Gasteiger partial charge >= 0.3 is 0 Å². The fraction of sp³-hybridized carbons (Fsp3) is 0.818. The van der Waals surface area contributed by atoms with E-state index in [2.05, 4.69) is 58.2 Å². The lowest BCUT2D eigenvalue weighted by atomic mass is 9.80. The van der Waals surface area contributed by atoms with Gasteiger partial charge in [0, 0.05) is 62.5 Å². The number of halogens is 1. The smallest absolute Gasteiger partial charge is 0.191 e. The lowest BCUT2D eigenvalue weighted by Gasteiger charge is -2.48. The molecule has 8 heteroatoms. The Morgan fingerprint density at radius 3 is 2.43 bits per heavy atom. The standard InChI is InChI=1S/C22H40N6S.HI/c1-17(15-20-18(2)26-27(5)19(20)3)25-21(23-4)24-16-22(9-7-6-8-10-22)28-11-13-29-14-12-28;/h17H,6-16H2,1-5H3,(H2,23,24,25);1H. The van der Waals surface area contributed by atoms with Crippen molar-refractivity contribution < 1.29 is 0 Å². The Labute approximate surface area is 204 Å². The number of nitrogens with one attached hydrogen (secondary N) is 2. The second-order valence-electron chi connectivity index (χ2n) is 8.83. The molecular formula is C22H41IN6S. The first-order valence-electron chi connectivity index (χ1n) is 11.2. The first kappa shape index (κ1) is 25.8. The van der Waals surface area contributed by atoms with E-state index in [4.69, 9.17) is 0 Å². The Balaban J connectivity index is 0.00000320. The van der Waals surface area contributed by atoms with E-state index in [0.717, 1.165) is 24.6 Å². The highest BCUT2D eigenvalue weighted by molar-refractivity contribution is 14.0. The highest BCUT2D eigenvalue weighted by Gasteiger charge is 2.38. The summed E-state index contributed by atoms with van der Waals surface area (Å²) in [7, 11) is 3.90. The maximum Gasteiger partial charge on any atom is 0.191 e. The minimum Gasteiger partial charge on any atom is -0.355 e. The van der Waals surface area contributed by atoms with Crippen molar-refractivity contribution in [2.45, 2.75) is 70.9 Å². The molecule has 1 aromatic rings. The van der Waals surface area contributed by atoms with Gasteiger partial charge in [-0.25, -0.2) is 0 Å². The number of guanidine groups is 1. The van der Waals surface area contributed by atoms with Crippen LogP contribution in [0.1, 0.15) is 56.0 Å². The molecule has 2 N–H and O–H groups in total. The number of aryl methyl sites for hydroxylation is 2. The SMILES string of the molecule is CN=C(NCC1(N2CCSCC2)CCCCC1)NC(C)Cc1c(C)nn(C)c1C.I. The van der Waals surface area contributed by atoms with Gasteiger partial charge in [0.25, 0.3) is 0 Å². The summed E-state index contributed by atoms with van der Waals surface area (Å²) < 4.78 is 1.98. The van der Waals surface area contributed by atoms with Crippen molar-refractivity contribution in [3.05, 3.63) is 17.0 Å². The molecular weight excluding hydrogens is 507 g/mol. The summed E-state index contributed by atoms with van der Waals surface area (Å²) in [6.45, 7) is 9.94. The van der Waals surface area contributed by atoms with Gasteiger partial charge in [-0.1, -0.05) is 19.3 Å². The van der Waals surface area contributed by atoms with Gasteiger partial charge in [-0.3, -0.25) is 14.6 Å². The van der Waals surface area contributed by atoms with Crippen LogP contribution in [0.5, 0.6) is 0 Å². The summed E-state index contributed by atoms with van der Waals surface area (Å²) >= 11 is 2.10. The zero-order valence-electron chi connectivity index (χ0n) is 19.5. The molecule has 1 aromatic heterocycles. The van der Waals surface area contributed by atoms with Crippen molar-refractivity contribution in [2.75, 3.05) is 38.2 Å². The van der Waals surface area contributed by atoms with E-state index >= 15 is 0 Å². The van der Waals surface area contributed by atoms with E-state index in [0.29, 0.717) is 11.6 Å². The van der Waals surface area contributed by atoms with E-state index in [1.54, 1.807) is 0 Å². The van der Waals surface area contributed by atoms with Gasteiger partial charge < -0.3 is 10.6 Å². The Morgan fingerprint density at radius 2 is 1.87 bits per heavy atom. The minimum atomic E-state index is 0. The summed E-state index contributed by atoms with van der Waals surface area (Å²) in [4.78, 5) is 7.30. The molecule has 6 nitrogen and oxygen atoms in total. The number of aliphatic imine (C=N–C) groups is 1. The van der Waals surface area contributed by atoms with Gasteiger partial charge in [0.1, 0.15) is 0 Å². The monoisotopic (exact) mass is 548 g/mol. The molecule has 2 fully saturated rings. The molecule has 0 bridgehead atoms. The van der Waals surface area contributed by atoms with E-state index < -0.39 is 0 Å². The fourth-order valence-corrected chi connectivity index (χ4v) is 5.90. The van der Waals surface area contributed by atoms with Crippen LogP contribution in [0.15, 0.2) is 4.99 Å². The van der Waals surface area contributed by atoms with Crippen LogP contribution < -0.4 is 10.6 Å². The molecule has 1 unspecified atom stereocenters. The van der Waals surface area contributed by atoms with Gasteiger partial charge in [-0.15, -0.1) is 24.0 Å². The lowest BCUT2D eigenvalue weighted by Crippen LogP contribution is -2.60. The molecule has 3 rings (SSSR count). The molecule has 0 aromatic carbocycles. The molecule has 2 aliphatic rings. The molecule has 1 aliphatic carbocycles. The molecule has 0 amide bonds. The summed E-state index contributed by atoms with van der Waals surface area (Å²) in [5.41, 5.74) is 4.03. The second kappa shape index (κ2) is 11.9. The summed E-state index contributed by atoms with van der Waals surface area (Å²) in [6, 6.07) is 0.302. The number of aromatic nitrogens is 2. The maximum atomic E-state index is 4.56. The predicted octanol–water partition coefficient (Wildman–Crippen LogP) is 3.50. The number of rotatable bonds is 6. The number of nitrogens with zero attached hydrogens (tertiary/aromatic N) is 4. The lowest BCUT2D eigenvalue weighted by molar-refractivity contribution is 0.0625. The molecule has 0 radical (unpaired) electrons. The molecule has 1 aliphatic heterocycles. The first-order chi connectivity index (χ1) is 13.9. The van der Waals surface area contributed by atoms with E-state index in [1.165, 1.54) is 68.0 Å². The number of thioether (sulfide) groups is 1. The first-order valence-corrected chi connectivity index (χ1v) is 12.4. The Morgan fingerprint density at radius 1 is 1.20 bits per heavy atom. The van der Waals surface area contributed by atoms with Gasteiger partial charge in [-0.2, -0.15) is 16.9 Å². The van der Waals surface area contributed by atoms with Crippen LogP contribution in [0, 0.1) is 13.8 Å². The number of hydrogen-bond donors (Lipinski definition) is 2. The third kappa shape index (κ3) is 6.28. The van der Waals surface area contributed by atoms with Crippen LogP contribution in [-0.4, -0.2) is 70.4 Å². The van der Waals surface area contributed by atoms with Crippen LogP contribution in [0.4, 0.5) is 0 Å². The van der Waals surface area contributed by atoms with Crippen LogP contribution in [0.2, 0.25) is 0 Å². The molecule has 0 spiro atoms. The van der Waals surface area contributed by atoms with Gasteiger partial charge in [0.2, 0.25) is 0 Å². The third-order valence-electron chi connectivity index (χ3n) is 6.83. The Bertz CT molecular complexity index is 692. The third-order valence-corrected chi connectivity index (χ3v) is 7.77. The van der Waals surface area contributed by atoms with E-state index in [-0.39, 0.29) is 24.0 Å². The highest BCUT2D eigenvalue weighted by atomic mass is 127. The topological polar surface area (TPSA) is 57.5 Å². The van der Waals surface area contributed by atoms with E-state index in [1.807, 2.05) is 18.8 Å². The van der Waals surface area contributed by atoms with Crippen molar-refractivity contribution in [2.24, 2.45) is 12.0 Å². The fourth-order valence-electron chi connectivity index (χ4n) is 5.00. The molecule has 172 valence electrons. The number of hydrogen-bond acceptors (Lipinski definition) is 4. The highest BCUT2D eigenvalue weighted by Crippen LogP contribution is 2.34. The van der Waals surface area contributed by atoms with Crippen molar-refractivity contribution in [1.29, 1.82) is 0 Å². The summed E-state index contributed by atoms with van der Waals surface area (Å²) in [6.07, 6.45) is 7.68. The minimum absolute atomic E-state index is 0. The second-order valence-corrected chi connectivity index (χ2v) is 10.1.